The Hall–Kier alpha value is -1.20. The number of hydrogen-bond donors (Lipinski definition) is 0. The minimum absolute atomic E-state index is 0.0515. The monoisotopic (exact) mass is 264 g/mol. The summed E-state index contributed by atoms with van der Waals surface area (Å²) in [5, 5.41) is 3.93. The maximum atomic E-state index is 12.3. The summed E-state index contributed by atoms with van der Waals surface area (Å²) < 4.78 is 0. The van der Waals surface area contributed by atoms with E-state index in [-0.39, 0.29) is 11.9 Å². The second-order valence-electron chi connectivity index (χ2n) is 4.10. The molecule has 5 heteroatoms. The number of thiazole rings is 1. The van der Waals surface area contributed by atoms with Crippen LogP contribution in [-0.4, -0.2) is 22.3 Å². The zero-order chi connectivity index (χ0) is 11.8. The van der Waals surface area contributed by atoms with Crippen molar-refractivity contribution < 1.29 is 4.79 Å². The van der Waals surface area contributed by atoms with Crippen LogP contribution in [0.25, 0.3) is 0 Å². The zero-order valence-corrected chi connectivity index (χ0v) is 11.1. The van der Waals surface area contributed by atoms with Crippen LogP contribution in [0.3, 0.4) is 0 Å². The van der Waals surface area contributed by atoms with Gasteiger partial charge in [-0.15, -0.1) is 22.7 Å². The van der Waals surface area contributed by atoms with Gasteiger partial charge in [0, 0.05) is 16.8 Å². The lowest BCUT2D eigenvalue weighted by Crippen LogP contribution is -2.38. The number of fused-ring (bicyclic) bond motifs is 1. The quantitative estimate of drug-likeness (QED) is 0.793. The molecule has 1 aliphatic rings. The smallest absolute Gasteiger partial charge is 0.273 e. The van der Waals surface area contributed by atoms with Crippen molar-refractivity contribution in [3.8, 4) is 0 Å². The van der Waals surface area contributed by atoms with Gasteiger partial charge in [0.05, 0.1) is 11.6 Å². The van der Waals surface area contributed by atoms with E-state index in [1.54, 1.807) is 16.8 Å². The molecule has 2 aromatic heterocycles. The molecule has 1 aliphatic heterocycles. The number of carbonyl (C=O) groups is 1. The molecule has 2 aromatic rings. The zero-order valence-electron chi connectivity index (χ0n) is 9.42. The largest absolute Gasteiger partial charge is 0.330 e. The third-order valence-electron chi connectivity index (χ3n) is 3.19. The standard InChI is InChI=1S/C12H12N2OS2/c1-8-9-3-5-17-11(9)2-4-14(8)12(15)10-6-16-7-13-10/h3,5-8H,2,4H2,1H3. The van der Waals surface area contributed by atoms with Crippen LogP contribution in [0.1, 0.15) is 33.9 Å². The summed E-state index contributed by atoms with van der Waals surface area (Å²) in [4.78, 5) is 19.7. The van der Waals surface area contributed by atoms with E-state index in [9.17, 15) is 4.79 Å². The Bertz CT molecular complexity index is 532. The summed E-state index contributed by atoms with van der Waals surface area (Å²) in [6, 6.07) is 2.30. The second kappa shape index (κ2) is 4.23. The molecule has 1 atom stereocenters. The van der Waals surface area contributed by atoms with Crippen molar-refractivity contribution in [3.63, 3.8) is 0 Å². The average molecular weight is 264 g/mol. The molecule has 0 saturated heterocycles. The first-order chi connectivity index (χ1) is 8.27. The van der Waals surface area contributed by atoms with Crippen LogP contribution in [0.4, 0.5) is 0 Å². The van der Waals surface area contributed by atoms with Crippen LogP contribution in [0.15, 0.2) is 22.3 Å². The molecule has 0 spiro atoms. The van der Waals surface area contributed by atoms with Gasteiger partial charge in [0.15, 0.2) is 0 Å². The maximum absolute atomic E-state index is 12.3. The highest BCUT2D eigenvalue weighted by Gasteiger charge is 2.29. The lowest BCUT2D eigenvalue weighted by atomic mass is 10.0. The van der Waals surface area contributed by atoms with Crippen LogP contribution >= 0.6 is 22.7 Å². The van der Waals surface area contributed by atoms with Crippen molar-refractivity contribution in [2.75, 3.05) is 6.54 Å². The number of carbonyl (C=O) groups excluding carboxylic acids is 1. The molecule has 1 unspecified atom stereocenters. The Morgan fingerprint density at radius 3 is 3.24 bits per heavy atom. The third kappa shape index (κ3) is 1.79. The van der Waals surface area contributed by atoms with Crippen LogP contribution in [-0.2, 0) is 6.42 Å². The summed E-state index contributed by atoms with van der Waals surface area (Å²) in [5.41, 5.74) is 3.57. The molecule has 3 heterocycles. The Morgan fingerprint density at radius 1 is 1.59 bits per heavy atom. The Morgan fingerprint density at radius 2 is 2.47 bits per heavy atom. The number of nitrogens with zero attached hydrogens (tertiary/aromatic N) is 2. The van der Waals surface area contributed by atoms with Crippen molar-refractivity contribution in [3.05, 3.63) is 38.5 Å². The van der Waals surface area contributed by atoms with Crippen LogP contribution < -0.4 is 0 Å². The molecular formula is C12H12N2OS2. The predicted octanol–water partition coefficient (Wildman–Crippen LogP) is 2.96. The maximum Gasteiger partial charge on any atom is 0.273 e. The highest BCUT2D eigenvalue weighted by molar-refractivity contribution is 7.10. The van der Waals surface area contributed by atoms with Crippen LogP contribution in [0, 0.1) is 0 Å². The topological polar surface area (TPSA) is 33.2 Å². The van der Waals surface area contributed by atoms with E-state index in [0.717, 1.165) is 13.0 Å². The van der Waals surface area contributed by atoms with E-state index in [0.29, 0.717) is 5.69 Å². The molecule has 1 amide bonds. The number of amides is 1. The fourth-order valence-corrected chi connectivity index (χ4v) is 3.74. The summed E-state index contributed by atoms with van der Waals surface area (Å²) >= 11 is 3.25. The highest BCUT2D eigenvalue weighted by Crippen LogP contribution is 2.33. The van der Waals surface area contributed by atoms with Gasteiger partial charge in [0.2, 0.25) is 0 Å². The number of hydrogen-bond acceptors (Lipinski definition) is 4. The van der Waals surface area contributed by atoms with E-state index in [1.165, 1.54) is 21.8 Å². The van der Waals surface area contributed by atoms with E-state index in [2.05, 4.69) is 23.4 Å². The summed E-state index contributed by atoms with van der Waals surface area (Å²) in [6.45, 7) is 2.89. The first kappa shape index (κ1) is 10.9. The summed E-state index contributed by atoms with van der Waals surface area (Å²) in [7, 11) is 0. The first-order valence-corrected chi connectivity index (χ1v) is 7.35. The van der Waals surface area contributed by atoms with Crippen molar-refractivity contribution in [2.24, 2.45) is 0 Å². The van der Waals surface area contributed by atoms with Gasteiger partial charge in [0.25, 0.3) is 5.91 Å². The molecule has 3 nitrogen and oxygen atoms in total. The van der Waals surface area contributed by atoms with Gasteiger partial charge >= 0.3 is 0 Å². The fraction of sp³-hybridized carbons (Fsp3) is 0.333. The van der Waals surface area contributed by atoms with E-state index in [1.807, 2.05) is 10.3 Å². The lowest BCUT2D eigenvalue weighted by molar-refractivity contribution is 0.0674. The van der Waals surface area contributed by atoms with Crippen molar-refractivity contribution in [1.29, 1.82) is 0 Å². The lowest BCUT2D eigenvalue weighted by Gasteiger charge is -2.33. The number of aromatic nitrogens is 1. The molecular weight excluding hydrogens is 252 g/mol. The molecule has 3 rings (SSSR count). The van der Waals surface area contributed by atoms with Gasteiger partial charge in [-0.3, -0.25) is 4.79 Å². The average Bonchev–Trinajstić information content (AvgIpc) is 3.00. The van der Waals surface area contributed by atoms with E-state index >= 15 is 0 Å². The SMILES string of the molecule is CC1c2ccsc2CCN1C(=O)c1cscn1. The summed E-state index contributed by atoms with van der Waals surface area (Å²) in [5.74, 6) is 0.0515. The van der Waals surface area contributed by atoms with Gasteiger partial charge in [-0.25, -0.2) is 4.98 Å². The van der Waals surface area contributed by atoms with E-state index in [4.69, 9.17) is 0 Å². The molecule has 0 aliphatic carbocycles. The van der Waals surface area contributed by atoms with Gasteiger partial charge < -0.3 is 4.90 Å². The minimum Gasteiger partial charge on any atom is -0.330 e. The molecule has 0 N–H and O–H groups in total. The fourth-order valence-electron chi connectivity index (χ4n) is 2.25. The normalized spacial score (nSPS) is 19.1. The van der Waals surface area contributed by atoms with E-state index < -0.39 is 0 Å². The third-order valence-corrected chi connectivity index (χ3v) is 4.77. The molecule has 0 radical (unpaired) electrons. The molecule has 0 saturated carbocycles. The van der Waals surface area contributed by atoms with Crippen molar-refractivity contribution in [2.45, 2.75) is 19.4 Å². The van der Waals surface area contributed by atoms with Crippen molar-refractivity contribution >= 4 is 28.6 Å². The minimum atomic E-state index is 0.0515. The van der Waals surface area contributed by atoms with Crippen LogP contribution in [0.5, 0.6) is 0 Å². The van der Waals surface area contributed by atoms with Crippen LogP contribution in [0.2, 0.25) is 0 Å². The molecule has 17 heavy (non-hydrogen) atoms. The molecule has 0 fully saturated rings. The predicted molar refractivity (Wildman–Crippen MR) is 69.6 cm³/mol. The van der Waals surface area contributed by atoms with Gasteiger partial charge in [-0.2, -0.15) is 0 Å². The first-order valence-electron chi connectivity index (χ1n) is 5.53. The molecule has 0 aromatic carbocycles. The second-order valence-corrected chi connectivity index (χ2v) is 5.82. The Balaban J connectivity index is 1.89. The number of thiophene rings is 1. The van der Waals surface area contributed by atoms with Gasteiger partial charge in [-0.1, -0.05) is 0 Å². The highest BCUT2D eigenvalue weighted by atomic mass is 32.1. The number of rotatable bonds is 1. The Kier molecular flexibility index (Phi) is 2.72. The molecule has 0 bridgehead atoms. The van der Waals surface area contributed by atoms with Crippen molar-refractivity contribution in [1.82, 2.24) is 9.88 Å². The summed E-state index contributed by atoms with van der Waals surface area (Å²) in [6.07, 6.45) is 0.965. The van der Waals surface area contributed by atoms with Gasteiger partial charge in [0.1, 0.15) is 5.69 Å². The Labute approximate surface area is 108 Å². The van der Waals surface area contributed by atoms with Gasteiger partial charge in [-0.05, 0) is 30.4 Å². The molecule has 88 valence electrons.